The van der Waals surface area contributed by atoms with Crippen LogP contribution in [-0.4, -0.2) is 32.8 Å². The van der Waals surface area contributed by atoms with E-state index in [0.29, 0.717) is 6.61 Å². The predicted molar refractivity (Wildman–Crippen MR) is 60.8 cm³/mol. The third-order valence-electron chi connectivity index (χ3n) is 2.58. The van der Waals surface area contributed by atoms with Crippen LogP contribution in [0, 0.1) is 0 Å². The van der Waals surface area contributed by atoms with Crippen LogP contribution in [-0.2, 0) is 9.53 Å². The maximum absolute atomic E-state index is 11.3. The van der Waals surface area contributed by atoms with Gasteiger partial charge in [0.05, 0.1) is 19.4 Å². The standard InChI is InChI=1S/C12H15NO3/c1-15-12(14)9-13-7-4-8-16-11-6-3-2-5-10(11)13/h2-3,5-6H,4,7-9H2,1H3. The number of benzene rings is 1. The van der Waals surface area contributed by atoms with E-state index in [1.165, 1.54) is 7.11 Å². The molecule has 0 aliphatic carbocycles. The van der Waals surface area contributed by atoms with Crippen LogP contribution >= 0.6 is 0 Å². The highest BCUT2D eigenvalue weighted by Crippen LogP contribution is 2.30. The summed E-state index contributed by atoms with van der Waals surface area (Å²) in [6, 6.07) is 7.76. The molecular weight excluding hydrogens is 206 g/mol. The minimum atomic E-state index is -0.225. The average Bonchev–Trinajstić information content (AvgIpc) is 2.52. The molecule has 0 fully saturated rings. The van der Waals surface area contributed by atoms with E-state index >= 15 is 0 Å². The van der Waals surface area contributed by atoms with Crippen LogP contribution in [0.25, 0.3) is 0 Å². The van der Waals surface area contributed by atoms with Crippen molar-refractivity contribution in [2.24, 2.45) is 0 Å². The first-order valence-electron chi connectivity index (χ1n) is 5.35. The van der Waals surface area contributed by atoms with Crippen molar-refractivity contribution in [2.75, 3.05) is 31.7 Å². The molecule has 0 bridgehead atoms. The number of ether oxygens (including phenoxy) is 2. The number of hydrogen-bond acceptors (Lipinski definition) is 4. The van der Waals surface area contributed by atoms with Crippen LogP contribution in [0.2, 0.25) is 0 Å². The van der Waals surface area contributed by atoms with Gasteiger partial charge in [0.1, 0.15) is 12.3 Å². The molecule has 4 heteroatoms. The van der Waals surface area contributed by atoms with Crippen LogP contribution in [0.1, 0.15) is 6.42 Å². The molecule has 0 unspecified atom stereocenters. The Labute approximate surface area is 94.8 Å². The van der Waals surface area contributed by atoms with E-state index in [4.69, 9.17) is 4.74 Å². The smallest absolute Gasteiger partial charge is 0.325 e. The van der Waals surface area contributed by atoms with E-state index in [-0.39, 0.29) is 12.5 Å². The number of nitrogens with zero attached hydrogens (tertiary/aromatic N) is 1. The topological polar surface area (TPSA) is 38.8 Å². The van der Waals surface area contributed by atoms with Crippen LogP contribution in [0.4, 0.5) is 5.69 Å². The van der Waals surface area contributed by atoms with E-state index in [1.54, 1.807) is 0 Å². The Morgan fingerprint density at radius 1 is 1.50 bits per heavy atom. The lowest BCUT2D eigenvalue weighted by atomic mass is 10.2. The molecule has 1 aliphatic rings. The van der Waals surface area contributed by atoms with Crippen molar-refractivity contribution in [3.05, 3.63) is 24.3 Å². The Morgan fingerprint density at radius 2 is 2.31 bits per heavy atom. The second-order valence-electron chi connectivity index (χ2n) is 3.67. The van der Waals surface area contributed by atoms with Gasteiger partial charge in [0.2, 0.25) is 0 Å². The monoisotopic (exact) mass is 221 g/mol. The van der Waals surface area contributed by atoms with E-state index in [1.807, 2.05) is 29.2 Å². The number of anilines is 1. The maximum Gasteiger partial charge on any atom is 0.325 e. The van der Waals surface area contributed by atoms with Crippen LogP contribution in [0.15, 0.2) is 24.3 Å². The third-order valence-corrected chi connectivity index (χ3v) is 2.58. The van der Waals surface area contributed by atoms with E-state index in [0.717, 1.165) is 24.4 Å². The van der Waals surface area contributed by atoms with Crippen molar-refractivity contribution in [2.45, 2.75) is 6.42 Å². The van der Waals surface area contributed by atoms with Gasteiger partial charge in [0.25, 0.3) is 0 Å². The number of methoxy groups -OCH3 is 1. The van der Waals surface area contributed by atoms with Gasteiger partial charge in [0.15, 0.2) is 0 Å². The minimum absolute atomic E-state index is 0.225. The molecule has 1 aromatic rings. The Balaban J connectivity index is 2.22. The van der Waals surface area contributed by atoms with Crippen molar-refractivity contribution in [3.63, 3.8) is 0 Å². The van der Waals surface area contributed by atoms with Gasteiger partial charge in [-0.2, -0.15) is 0 Å². The molecule has 0 spiro atoms. The lowest BCUT2D eigenvalue weighted by molar-refractivity contribution is -0.138. The van der Waals surface area contributed by atoms with Crippen LogP contribution in [0.5, 0.6) is 5.75 Å². The summed E-state index contributed by atoms with van der Waals surface area (Å²) in [5.74, 6) is 0.612. The molecule has 1 heterocycles. The Morgan fingerprint density at radius 3 is 3.12 bits per heavy atom. The summed E-state index contributed by atoms with van der Waals surface area (Å²) in [4.78, 5) is 13.3. The Kier molecular flexibility index (Phi) is 3.29. The second kappa shape index (κ2) is 4.88. The quantitative estimate of drug-likeness (QED) is 0.708. The maximum atomic E-state index is 11.3. The number of rotatable bonds is 2. The number of para-hydroxylation sites is 2. The normalized spacial score (nSPS) is 14.7. The summed E-state index contributed by atoms with van der Waals surface area (Å²) >= 11 is 0. The summed E-state index contributed by atoms with van der Waals surface area (Å²) in [7, 11) is 1.41. The fourth-order valence-corrected chi connectivity index (χ4v) is 1.78. The van der Waals surface area contributed by atoms with Crippen molar-refractivity contribution in [1.82, 2.24) is 0 Å². The SMILES string of the molecule is COC(=O)CN1CCCOc2ccccc21. The average molecular weight is 221 g/mol. The number of fused-ring (bicyclic) bond motifs is 1. The third kappa shape index (κ3) is 2.27. The lowest BCUT2D eigenvalue weighted by Gasteiger charge is -2.21. The molecule has 4 nitrogen and oxygen atoms in total. The molecule has 0 aromatic heterocycles. The molecule has 0 saturated heterocycles. The first-order valence-corrected chi connectivity index (χ1v) is 5.35. The van der Waals surface area contributed by atoms with Crippen molar-refractivity contribution < 1.29 is 14.3 Å². The first-order chi connectivity index (χ1) is 7.81. The zero-order valence-corrected chi connectivity index (χ0v) is 9.31. The second-order valence-corrected chi connectivity index (χ2v) is 3.67. The number of hydrogen-bond donors (Lipinski definition) is 0. The Bertz CT molecular complexity index is 378. The Hall–Kier alpha value is -1.71. The molecule has 1 aliphatic heterocycles. The molecule has 86 valence electrons. The molecule has 0 N–H and O–H groups in total. The largest absolute Gasteiger partial charge is 0.491 e. The van der Waals surface area contributed by atoms with E-state index in [2.05, 4.69) is 4.74 Å². The van der Waals surface area contributed by atoms with Gasteiger partial charge in [-0.05, 0) is 18.6 Å². The van der Waals surface area contributed by atoms with Gasteiger partial charge in [-0.15, -0.1) is 0 Å². The summed E-state index contributed by atoms with van der Waals surface area (Å²) < 4.78 is 10.3. The zero-order valence-electron chi connectivity index (χ0n) is 9.31. The van der Waals surface area contributed by atoms with E-state index < -0.39 is 0 Å². The molecule has 2 rings (SSSR count). The van der Waals surface area contributed by atoms with Crippen molar-refractivity contribution in [1.29, 1.82) is 0 Å². The lowest BCUT2D eigenvalue weighted by Crippen LogP contribution is -2.30. The molecule has 0 atom stereocenters. The predicted octanol–water partition coefficient (Wildman–Crippen LogP) is 1.45. The number of esters is 1. The first kappa shape index (κ1) is 10.8. The molecule has 16 heavy (non-hydrogen) atoms. The summed E-state index contributed by atoms with van der Waals surface area (Å²) in [5, 5.41) is 0. The van der Waals surface area contributed by atoms with Gasteiger partial charge >= 0.3 is 5.97 Å². The molecule has 0 saturated carbocycles. The summed E-state index contributed by atoms with van der Waals surface area (Å²) in [5.41, 5.74) is 0.963. The van der Waals surface area contributed by atoms with Gasteiger partial charge in [-0.1, -0.05) is 12.1 Å². The highest BCUT2D eigenvalue weighted by Gasteiger charge is 2.18. The minimum Gasteiger partial charge on any atom is -0.491 e. The van der Waals surface area contributed by atoms with Crippen molar-refractivity contribution >= 4 is 11.7 Å². The van der Waals surface area contributed by atoms with Gasteiger partial charge < -0.3 is 14.4 Å². The number of carbonyl (C=O) groups is 1. The zero-order chi connectivity index (χ0) is 11.4. The molecule has 0 radical (unpaired) electrons. The summed E-state index contributed by atoms with van der Waals surface area (Å²) in [6.45, 7) is 1.78. The fraction of sp³-hybridized carbons (Fsp3) is 0.417. The highest BCUT2D eigenvalue weighted by atomic mass is 16.5. The fourth-order valence-electron chi connectivity index (χ4n) is 1.78. The molecule has 0 amide bonds. The van der Waals surface area contributed by atoms with Gasteiger partial charge in [-0.25, -0.2) is 0 Å². The number of carbonyl (C=O) groups excluding carboxylic acids is 1. The van der Waals surface area contributed by atoms with Gasteiger partial charge in [0, 0.05) is 6.54 Å². The highest BCUT2D eigenvalue weighted by molar-refractivity contribution is 5.77. The molecule has 1 aromatic carbocycles. The van der Waals surface area contributed by atoms with Crippen LogP contribution < -0.4 is 9.64 Å². The van der Waals surface area contributed by atoms with Gasteiger partial charge in [-0.3, -0.25) is 4.79 Å². The molecular formula is C12H15NO3. The summed E-state index contributed by atoms with van der Waals surface area (Å²) in [6.07, 6.45) is 0.908. The van der Waals surface area contributed by atoms with Crippen molar-refractivity contribution in [3.8, 4) is 5.75 Å². The van der Waals surface area contributed by atoms with Crippen LogP contribution in [0.3, 0.4) is 0 Å². The van der Waals surface area contributed by atoms with E-state index in [9.17, 15) is 4.79 Å².